The maximum Gasteiger partial charge on any atom is 0.256 e. The van der Waals surface area contributed by atoms with Gasteiger partial charge in [-0.25, -0.2) is 0 Å². The molecule has 2 heterocycles. The Morgan fingerprint density at radius 1 is 1.08 bits per heavy atom. The summed E-state index contributed by atoms with van der Waals surface area (Å²) in [7, 11) is 2.19. The molecule has 0 saturated carbocycles. The van der Waals surface area contributed by atoms with Crippen LogP contribution in [0.1, 0.15) is 37.4 Å². The average molecular weight is 351 g/mol. The van der Waals surface area contributed by atoms with Crippen LogP contribution in [0.5, 0.6) is 0 Å². The molecule has 0 radical (unpaired) electrons. The standard InChI is InChI=1S/C19H27ClN2O2/c1-21-10-6-14(7-11-21)15-8-12-22(13-9-15)19(24)18(23)16-4-2-3-5-17(16)20/h2-5,14-15,18,23H,6-13H2,1H3/t18-/m1/s1. The molecule has 0 bridgehead atoms. The summed E-state index contributed by atoms with van der Waals surface area (Å²) in [5.74, 6) is 1.30. The van der Waals surface area contributed by atoms with E-state index in [1.807, 2.05) is 0 Å². The van der Waals surface area contributed by atoms with E-state index in [2.05, 4.69) is 11.9 Å². The van der Waals surface area contributed by atoms with Crippen molar-refractivity contribution in [2.45, 2.75) is 31.8 Å². The predicted molar refractivity (Wildman–Crippen MR) is 95.9 cm³/mol. The molecule has 1 amide bonds. The van der Waals surface area contributed by atoms with Crippen molar-refractivity contribution in [3.05, 3.63) is 34.9 Å². The molecule has 24 heavy (non-hydrogen) atoms. The Bertz CT molecular complexity index is 564. The first-order chi connectivity index (χ1) is 11.6. The van der Waals surface area contributed by atoms with Crippen LogP contribution < -0.4 is 0 Å². The van der Waals surface area contributed by atoms with Crippen molar-refractivity contribution in [3.63, 3.8) is 0 Å². The molecule has 0 spiro atoms. The summed E-state index contributed by atoms with van der Waals surface area (Å²) >= 11 is 6.10. The Labute approximate surface area is 149 Å². The third kappa shape index (κ3) is 3.93. The minimum atomic E-state index is -1.15. The molecule has 1 N–H and O–H groups in total. The van der Waals surface area contributed by atoms with Crippen LogP contribution in [0.4, 0.5) is 0 Å². The van der Waals surface area contributed by atoms with Crippen molar-refractivity contribution in [1.29, 1.82) is 0 Å². The summed E-state index contributed by atoms with van der Waals surface area (Å²) in [6.45, 7) is 3.87. The van der Waals surface area contributed by atoms with Gasteiger partial charge in [0.25, 0.3) is 5.91 Å². The summed E-state index contributed by atoms with van der Waals surface area (Å²) in [6.07, 6.45) is 3.50. The fourth-order valence-corrected chi connectivity index (χ4v) is 4.33. The number of nitrogens with zero attached hydrogens (tertiary/aromatic N) is 2. The molecule has 3 rings (SSSR count). The van der Waals surface area contributed by atoms with E-state index < -0.39 is 6.10 Å². The SMILES string of the molecule is CN1CCC(C2CCN(C(=O)[C@H](O)c3ccccc3Cl)CC2)CC1. The number of rotatable bonds is 3. The molecule has 2 saturated heterocycles. The van der Waals surface area contributed by atoms with Crippen molar-refractivity contribution in [2.75, 3.05) is 33.2 Å². The second-order valence-electron chi connectivity index (χ2n) is 7.23. The number of aliphatic hydroxyl groups is 1. The topological polar surface area (TPSA) is 43.8 Å². The van der Waals surface area contributed by atoms with Crippen LogP contribution in [-0.4, -0.2) is 54.0 Å². The van der Waals surface area contributed by atoms with Crippen molar-refractivity contribution in [1.82, 2.24) is 9.80 Å². The smallest absolute Gasteiger partial charge is 0.256 e. The van der Waals surface area contributed by atoms with Gasteiger partial charge in [-0.1, -0.05) is 29.8 Å². The van der Waals surface area contributed by atoms with Crippen LogP contribution in [0, 0.1) is 11.8 Å². The van der Waals surface area contributed by atoms with E-state index in [9.17, 15) is 9.90 Å². The number of piperidine rings is 2. The van der Waals surface area contributed by atoms with Crippen LogP contribution in [0.15, 0.2) is 24.3 Å². The first-order valence-corrected chi connectivity index (χ1v) is 9.34. The lowest BCUT2D eigenvalue weighted by Gasteiger charge is -2.39. The van der Waals surface area contributed by atoms with Gasteiger partial charge in [0.1, 0.15) is 0 Å². The fraction of sp³-hybridized carbons (Fsp3) is 0.632. The quantitative estimate of drug-likeness (QED) is 0.911. The van der Waals surface area contributed by atoms with Crippen LogP contribution in [0.25, 0.3) is 0 Å². The van der Waals surface area contributed by atoms with Crippen molar-refractivity contribution < 1.29 is 9.90 Å². The van der Waals surface area contributed by atoms with Gasteiger partial charge in [-0.2, -0.15) is 0 Å². The van der Waals surface area contributed by atoms with Crippen LogP contribution in [-0.2, 0) is 4.79 Å². The Balaban J connectivity index is 1.54. The van der Waals surface area contributed by atoms with E-state index in [0.717, 1.165) is 37.8 Å². The predicted octanol–water partition coefficient (Wildman–Crippen LogP) is 2.95. The number of aliphatic hydroxyl groups excluding tert-OH is 1. The zero-order chi connectivity index (χ0) is 17.1. The van der Waals surface area contributed by atoms with Crippen molar-refractivity contribution >= 4 is 17.5 Å². The molecule has 1 atom stereocenters. The molecular formula is C19H27ClN2O2. The lowest BCUT2D eigenvalue weighted by molar-refractivity contribution is -0.142. The molecule has 0 unspecified atom stereocenters. The first-order valence-electron chi connectivity index (χ1n) is 8.96. The maximum absolute atomic E-state index is 12.6. The Hall–Kier alpha value is -1.10. The van der Waals surface area contributed by atoms with Gasteiger partial charge < -0.3 is 14.9 Å². The van der Waals surface area contributed by atoms with Crippen LogP contribution in [0.3, 0.4) is 0 Å². The van der Waals surface area contributed by atoms with E-state index in [1.165, 1.54) is 25.9 Å². The molecule has 1 aromatic carbocycles. The number of hydrogen-bond acceptors (Lipinski definition) is 3. The molecule has 2 aliphatic heterocycles. The van der Waals surface area contributed by atoms with Crippen molar-refractivity contribution in [3.8, 4) is 0 Å². The number of amides is 1. The second kappa shape index (κ2) is 7.85. The Morgan fingerprint density at radius 3 is 2.21 bits per heavy atom. The van der Waals surface area contributed by atoms with E-state index in [0.29, 0.717) is 10.6 Å². The number of carbonyl (C=O) groups excluding carboxylic acids is 1. The largest absolute Gasteiger partial charge is 0.378 e. The van der Waals surface area contributed by atoms with Crippen LogP contribution >= 0.6 is 11.6 Å². The number of hydrogen-bond donors (Lipinski definition) is 1. The number of carbonyl (C=O) groups is 1. The lowest BCUT2D eigenvalue weighted by atomic mass is 9.79. The Morgan fingerprint density at radius 2 is 1.62 bits per heavy atom. The highest BCUT2D eigenvalue weighted by Gasteiger charge is 2.32. The normalized spacial score (nSPS) is 22.5. The van der Waals surface area contributed by atoms with Gasteiger partial charge in [-0.05, 0) is 63.7 Å². The van der Waals surface area contributed by atoms with E-state index in [1.54, 1.807) is 29.2 Å². The lowest BCUT2D eigenvalue weighted by Crippen LogP contribution is -2.43. The van der Waals surface area contributed by atoms with E-state index in [-0.39, 0.29) is 5.91 Å². The number of benzene rings is 1. The van der Waals surface area contributed by atoms with Gasteiger partial charge in [0.15, 0.2) is 6.10 Å². The average Bonchev–Trinajstić information content (AvgIpc) is 2.62. The summed E-state index contributed by atoms with van der Waals surface area (Å²) in [4.78, 5) is 16.8. The summed E-state index contributed by atoms with van der Waals surface area (Å²) in [6, 6.07) is 7.02. The zero-order valence-electron chi connectivity index (χ0n) is 14.3. The highest BCUT2D eigenvalue weighted by atomic mass is 35.5. The minimum Gasteiger partial charge on any atom is -0.378 e. The summed E-state index contributed by atoms with van der Waals surface area (Å²) < 4.78 is 0. The van der Waals surface area contributed by atoms with Gasteiger partial charge in [0.2, 0.25) is 0 Å². The third-order valence-electron chi connectivity index (χ3n) is 5.71. The number of likely N-dealkylation sites (tertiary alicyclic amines) is 2. The minimum absolute atomic E-state index is 0.218. The molecule has 132 valence electrons. The summed E-state index contributed by atoms with van der Waals surface area (Å²) in [5, 5.41) is 10.8. The first kappa shape index (κ1) is 17.7. The van der Waals surface area contributed by atoms with Crippen molar-refractivity contribution in [2.24, 2.45) is 11.8 Å². The molecule has 2 fully saturated rings. The van der Waals surface area contributed by atoms with E-state index in [4.69, 9.17) is 11.6 Å². The van der Waals surface area contributed by atoms with Gasteiger partial charge in [0.05, 0.1) is 0 Å². The molecule has 0 aromatic heterocycles. The molecule has 0 aliphatic carbocycles. The second-order valence-corrected chi connectivity index (χ2v) is 7.63. The van der Waals surface area contributed by atoms with Gasteiger partial charge >= 0.3 is 0 Å². The Kier molecular flexibility index (Phi) is 5.80. The monoisotopic (exact) mass is 350 g/mol. The molecule has 5 heteroatoms. The van der Waals surface area contributed by atoms with Gasteiger partial charge in [0, 0.05) is 23.7 Å². The molecular weight excluding hydrogens is 324 g/mol. The van der Waals surface area contributed by atoms with E-state index >= 15 is 0 Å². The molecule has 2 aliphatic rings. The number of halogens is 1. The third-order valence-corrected chi connectivity index (χ3v) is 6.06. The van der Waals surface area contributed by atoms with Gasteiger partial charge in [-0.3, -0.25) is 4.79 Å². The molecule has 1 aromatic rings. The fourth-order valence-electron chi connectivity index (χ4n) is 4.09. The summed E-state index contributed by atoms with van der Waals surface area (Å²) in [5.41, 5.74) is 0.501. The highest BCUT2D eigenvalue weighted by molar-refractivity contribution is 6.31. The molecule has 4 nitrogen and oxygen atoms in total. The highest BCUT2D eigenvalue weighted by Crippen LogP contribution is 2.33. The zero-order valence-corrected chi connectivity index (χ0v) is 15.1. The van der Waals surface area contributed by atoms with Gasteiger partial charge in [-0.15, -0.1) is 0 Å². The van der Waals surface area contributed by atoms with Crippen LogP contribution in [0.2, 0.25) is 5.02 Å². The maximum atomic E-state index is 12.6.